The van der Waals surface area contributed by atoms with Gasteiger partial charge in [-0.3, -0.25) is 9.59 Å². The predicted molar refractivity (Wildman–Crippen MR) is 208 cm³/mol. The number of ether oxygens (including phenoxy) is 2. The minimum absolute atomic E-state index is 0.00918. The molecule has 4 rings (SSSR count). The number of carboxylic acids is 1. The van der Waals surface area contributed by atoms with Gasteiger partial charge in [-0.1, -0.05) is 46.8 Å². The first-order chi connectivity index (χ1) is 25.2. The van der Waals surface area contributed by atoms with E-state index in [2.05, 4.69) is 23.7 Å². The molecular weight excluding hydrogens is 672 g/mol. The van der Waals surface area contributed by atoms with E-state index in [0.29, 0.717) is 84.4 Å². The number of carbonyl (C=O) groups is 3. The van der Waals surface area contributed by atoms with E-state index in [0.717, 1.165) is 24.9 Å². The second-order valence-electron chi connectivity index (χ2n) is 14.7. The van der Waals surface area contributed by atoms with Crippen LogP contribution in [0.1, 0.15) is 92.1 Å². The molecule has 288 valence electrons. The number of nitrogens with zero attached hydrogens (tertiary/aromatic N) is 4. The Hall–Kier alpha value is -4.68. The Balaban J connectivity index is 1.87. The predicted octanol–water partition coefficient (Wildman–Crippen LogP) is 5.99. The van der Waals surface area contributed by atoms with Crippen LogP contribution < -0.4 is 20.5 Å². The van der Waals surface area contributed by atoms with Crippen molar-refractivity contribution >= 4 is 17.8 Å². The normalized spacial score (nSPS) is 18.7. The van der Waals surface area contributed by atoms with Crippen LogP contribution >= 0.6 is 0 Å². The molecule has 53 heavy (non-hydrogen) atoms. The third-order valence-electron chi connectivity index (χ3n) is 10.4. The molecule has 1 aliphatic carbocycles. The number of carbonyl (C=O) groups excluding carboxylic acids is 2. The monoisotopic (exact) mass is 730 g/mol. The van der Waals surface area contributed by atoms with E-state index in [1.807, 2.05) is 51.9 Å². The molecule has 4 N–H and O–H groups in total. The van der Waals surface area contributed by atoms with Crippen molar-refractivity contribution < 1.29 is 29.0 Å². The van der Waals surface area contributed by atoms with Crippen LogP contribution in [0.25, 0.3) is 16.9 Å². The summed E-state index contributed by atoms with van der Waals surface area (Å²) in [6.45, 7) is 14.7. The fraction of sp³-hybridized carbons (Fsp3) is 0.512. The lowest BCUT2D eigenvalue weighted by Gasteiger charge is -2.44. The van der Waals surface area contributed by atoms with Crippen molar-refractivity contribution in [3.05, 3.63) is 71.4 Å². The molecule has 12 nitrogen and oxygen atoms in total. The highest BCUT2D eigenvalue weighted by Gasteiger charge is 2.51. The number of aliphatic carboxylic acids is 1. The van der Waals surface area contributed by atoms with Crippen molar-refractivity contribution in [1.82, 2.24) is 24.9 Å². The summed E-state index contributed by atoms with van der Waals surface area (Å²) in [4.78, 5) is 45.1. The van der Waals surface area contributed by atoms with E-state index in [1.54, 1.807) is 49.2 Å². The Morgan fingerprint density at radius 1 is 1.08 bits per heavy atom. The van der Waals surface area contributed by atoms with Gasteiger partial charge in [0, 0.05) is 18.7 Å². The van der Waals surface area contributed by atoms with Crippen LogP contribution in [-0.2, 0) is 4.79 Å². The van der Waals surface area contributed by atoms with Crippen molar-refractivity contribution in [3.63, 3.8) is 0 Å². The van der Waals surface area contributed by atoms with Gasteiger partial charge in [0.05, 0.1) is 31.2 Å². The summed E-state index contributed by atoms with van der Waals surface area (Å²) in [6.07, 6.45) is 3.57. The molecule has 3 aromatic rings. The van der Waals surface area contributed by atoms with Crippen LogP contribution in [-0.4, -0.2) is 103 Å². The van der Waals surface area contributed by atoms with E-state index >= 15 is 0 Å². The smallest absolute Gasteiger partial charge is 0.334 e. The molecule has 0 spiro atoms. The number of rotatable bonds is 17. The number of amides is 2. The summed E-state index contributed by atoms with van der Waals surface area (Å²) in [6, 6.07) is 12.5. The van der Waals surface area contributed by atoms with Gasteiger partial charge < -0.3 is 35.4 Å². The van der Waals surface area contributed by atoms with Gasteiger partial charge in [0.25, 0.3) is 11.8 Å². The highest BCUT2D eigenvalue weighted by molar-refractivity contribution is 5.99. The van der Waals surface area contributed by atoms with Crippen molar-refractivity contribution in [3.8, 4) is 28.4 Å². The van der Waals surface area contributed by atoms with Gasteiger partial charge in [-0.15, -0.1) is 0 Å². The number of aromatic nitrogens is 2. The van der Waals surface area contributed by atoms with Crippen molar-refractivity contribution in [2.75, 3.05) is 54.5 Å². The van der Waals surface area contributed by atoms with Crippen molar-refractivity contribution in [1.29, 1.82) is 0 Å². The zero-order chi connectivity index (χ0) is 39.0. The highest BCUT2D eigenvalue weighted by atomic mass is 16.5. The average molecular weight is 731 g/mol. The van der Waals surface area contributed by atoms with Crippen molar-refractivity contribution in [2.45, 2.75) is 71.3 Å². The molecule has 1 aliphatic rings. The molecule has 0 saturated heterocycles. The number of methoxy groups -OCH3 is 2. The van der Waals surface area contributed by atoms with E-state index in [4.69, 9.17) is 20.3 Å². The summed E-state index contributed by atoms with van der Waals surface area (Å²) >= 11 is 0. The first-order valence-corrected chi connectivity index (χ1v) is 18.6. The van der Waals surface area contributed by atoms with Crippen LogP contribution in [0.5, 0.6) is 11.5 Å². The molecular formula is C41H58N6O6. The highest BCUT2D eigenvalue weighted by Crippen LogP contribution is 2.43. The summed E-state index contributed by atoms with van der Waals surface area (Å²) in [5.41, 5.74) is 7.73. The molecule has 3 unspecified atom stereocenters. The lowest BCUT2D eigenvalue weighted by molar-refractivity contribution is -0.146. The number of carboxylic acid groups (broad SMARTS) is 1. The molecule has 0 aliphatic heterocycles. The zero-order valence-electron chi connectivity index (χ0n) is 32.7. The first-order valence-electron chi connectivity index (χ1n) is 18.6. The fourth-order valence-electron chi connectivity index (χ4n) is 7.46. The maximum absolute atomic E-state index is 14.2. The van der Waals surface area contributed by atoms with Gasteiger partial charge in [-0.25, -0.2) is 9.48 Å². The lowest BCUT2D eigenvalue weighted by atomic mass is 9.66. The molecule has 2 aromatic carbocycles. The summed E-state index contributed by atoms with van der Waals surface area (Å²) in [7, 11) is 7.13. The third-order valence-corrected chi connectivity index (χ3v) is 10.4. The second kappa shape index (κ2) is 17.9. The summed E-state index contributed by atoms with van der Waals surface area (Å²) < 4.78 is 13.2. The number of nitrogens with one attached hydrogen (secondary N) is 1. The summed E-state index contributed by atoms with van der Waals surface area (Å²) in [5.74, 6) is -1.04. The first kappa shape index (κ1) is 41.1. The average Bonchev–Trinajstić information content (AvgIpc) is 3.58. The van der Waals surface area contributed by atoms with E-state index in [9.17, 15) is 19.5 Å². The maximum atomic E-state index is 14.2. The Morgan fingerprint density at radius 2 is 1.74 bits per heavy atom. The number of hydrogen-bond donors (Lipinski definition) is 3. The maximum Gasteiger partial charge on any atom is 0.334 e. The van der Waals surface area contributed by atoms with Crippen LogP contribution in [0.15, 0.2) is 54.6 Å². The quantitative estimate of drug-likeness (QED) is 0.142. The van der Waals surface area contributed by atoms with Crippen LogP contribution in [0, 0.1) is 11.8 Å². The van der Waals surface area contributed by atoms with E-state index in [-0.39, 0.29) is 17.5 Å². The van der Waals surface area contributed by atoms with Gasteiger partial charge in [0.15, 0.2) is 11.2 Å². The SMILES string of the molecule is C=C1CC(CC)CC(C)C1(NC(=O)c1cc(-c2c(OC)cccc2OC)n(-c2ccc(C(=O)N(CCCN)CCCN(C)C)cc2C(C)C)n1)C(=O)O. The fourth-order valence-corrected chi connectivity index (χ4v) is 7.46. The molecule has 0 bridgehead atoms. The topological polar surface area (TPSA) is 152 Å². The minimum Gasteiger partial charge on any atom is -0.496 e. The number of benzene rings is 2. The molecule has 1 heterocycles. The Labute approximate surface area is 314 Å². The van der Waals surface area contributed by atoms with Gasteiger partial charge >= 0.3 is 5.97 Å². The van der Waals surface area contributed by atoms with Crippen LogP contribution in [0.4, 0.5) is 0 Å². The molecule has 2 amide bonds. The zero-order valence-corrected chi connectivity index (χ0v) is 32.7. The van der Waals surface area contributed by atoms with Gasteiger partial charge in [-0.05, 0) is 118 Å². The molecule has 1 saturated carbocycles. The second-order valence-corrected chi connectivity index (χ2v) is 14.7. The molecule has 3 atom stereocenters. The summed E-state index contributed by atoms with van der Waals surface area (Å²) in [5, 5.41) is 18.3. The van der Waals surface area contributed by atoms with Crippen LogP contribution in [0.3, 0.4) is 0 Å². The van der Waals surface area contributed by atoms with Crippen molar-refractivity contribution in [2.24, 2.45) is 17.6 Å². The number of hydrogen-bond acceptors (Lipinski definition) is 8. The van der Waals surface area contributed by atoms with Gasteiger partial charge in [0.1, 0.15) is 11.5 Å². The molecule has 1 aromatic heterocycles. The Kier molecular flexibility index (Phi) is 13.9. The van der Waals surface area contributed by atoms with E-state index in [1.165, 1.54) is 0 Å². The minimum atomic E-state index is -1.65. The molecule has 1 fully saturated rings. The Bertz CT molecular complexity index is 1760. The largest absolute Gasteiger partial charge is 0.496 e. The van der Waals surface area contributed by atoms with Gasteiger partial charge in [0.2, 0.25) is 0 Å². The lowest BCUT2D eigenvalue weighted by Crippen LogP contribution is -2.62. The van der Waals surface area contributed by atoms with E-state index < -0.39 is 23.3 Å². The third kappa shape index (κ3) is 8.76. The number of nitrogens with two attached hydrogens (primary N) is 1. The standard InChI is InChI=1S/C41H58N6O6/c1-10-29-22-27(4)41(40(50)51,28(5)23-29)43-38(48)32-25-34(37-35(52-8)14-11-15-36(37)53-9)47(44-32)33-17-16-30(24-31(33)26(2)3)39(49)46(20-12-18-42)21-13-19-45(6)7/h11,14-17,24-26,28-29H,4,10,12-13,18-23,42H2,1-3,5-9H3,(H,43,48)(H,50,51). The molecule has 12 heteroatoms. The van der Waals surface area contributed by atoms with Crippen LogP contribution in [0.2, 0.25) is 0 Å². The van der Waals surface area contributed by atoms with Gasteiger partial charge in [-0.2, -0.15) is 5.10 Å². The molecule has 0 radical (unpaired) electrons. The Morgan fingerprint density at radius 3 is 2.28 bits per heavy atom.